The molecule has 0 aliphatic heterocycles. The van der Waals surface area contributed by atoms with Crippen molar-refractivity contribution in [3.63, 3.8) is 0 Å². The van der Waals surface area contributed by atoms with Gasteiger partial charge in [0.2, 0.25) is 0 Å². The van der Waals surface area contributed by atoms with E-state index in [1.54, 1.807) is 6.08 Å². The van der Waals surface area contributed by atoms with Crippen LogP contribution in [0.4, 0.5) is 0 Å². The summed E-state index contributed by atoms with van der Waals surface area (Å²) in [6.45, 7) is 6.45. The lowest BCUT2D eigenvalue weighted by molar-refractivity contribution is -0.152. The Morgan fingerprint density at radius 3 is 1.62 bits per heavy atom. The highest BCUT2D eigenvalue weighted by Crippen LogP contribution is 2.15. The van der Waals surface area contributed by atoms with Gasteiger partial charge in [0, 0.05) is 12.8 Å². The first kappa shape index (κ1) is 45.8. The SMILES string of the molecule is CCCCC/C=C\C/C=C\C/C=C\C=C\[C@@H](O)CCCC(=O)OC[C@H](O)COC(=O)CCCCCCCCCCCCCCCC(C)C. The number of esters is 2. The van der Waals surface area contributed by atoms with Crippen LogP contribution in [0.25, 0.3) is 0 Å². The summed E-state index contributed by atoms with van der Waals surface area (Å²) in [4.78, 5) is 23.9. The molecule has 278 valence electrons. The minimum Gasteiger partial charge on any atom is -0.463 e. The molecular formula is C42H74O6. The van der Waals surface area contributed by atoms with E-state index < -0.39 is 18.2 Å². The zero-order valence-electron chi connectivity index (χ0n) is 31.3. The fourth-order valence-corrected chi connectivity index (χ4v) is 5.31. The van der Waals surface area contributed by atoms with Crippen molar-refractivity contribution in [2.45, 2.75) is 187 Å². The third kappa shape index (κ3) is 36.7. The lowest BCUT2D eigenvalue weighted by Crippen LogP contribution is -2.25. The normalized spacial score (nSPS) is 13.5. The Bertz CT molecular complexity index is 843. The van der Waals surface area contributed by atoms with Gasteiger partial charge in [-0.3, -0.25) is 9.59 Å². The molecular weight excluding hydrogens is 600 g/mol. The second-order valence-electron chi connectivity index (χ2n) is 13.7. The van der Waals surface area contributed by atoms with E-state index in [0.29, 0.717) is 19.3 Å². The summed E-state index contributed by atoms with van der Waals surface area (Å²) >= 11 is 0. The topological polar surface area (TPSA) is 93.1 Å². The Kier molecular flexibility index (Phi) is 34.5. The number of carbonyl (C=O) groups excluding carboxylic acids is 2. The fraction of sp³-hybridized carbons (Fsp3) is 0.762. The minimum atomic E-state index is -1.04. The van der Waals surface area contributed by atoms with E-state index in [9.17, 15) is 19.8 Å². The number of rotatable bonds is 34. The first-order chi connectivity index (χ1) is 23.3. The van der Waals surface area contributed by atoms with Crippen molar-refractivity contribution in [2.75, 3.05) is 13.2 Å². The molecule has 0 saturated heterocycles. The molecule has 48 heavy (non-hydrogen) atoms. The number of aliphatic hydroxyl groups is 2. The van der Waals surface area contributed by atoms with Gasteiger partial charge in [0.25, 0.3) is 0 Å². The van der Waals surface area contributed by atoms with E-state index >= 15 is 0 Å². The summed E-state index contributed by atoms with van der Waals surface area (Å²) in [7, 11) is 0. The highest BCUT2D eigenvalue weighted by atomic mass is 16.6. The highest BCUT2D eigenvalue weighted by molar-refractivity contribution is 5.69. The first-order valence-electron chi connectivity index (χ1n) is 19.7. The van der Waals surface area contributed by atoms with E-state index in [1.165, 1.54) is 89.9 Å². The Labute approximate surface area is 295 Å². The zero-order valence-corrected chi connectivity index (χ0v) is 31.3. The molecule has 0 aromatic heterocycles. The number of ether oxygens (including phenoxy) is 2. The van der Waals surface area contributed by atoms with E-state index in [-0.39, 0.29) is 25.6 Å². The molecule has 0 heterocycles. The monoisotopic (exact) mass is 675 g/mol. The van der Waals surface area contributed by atoms with Gasteiger partial charge in [-0.2, -0.15) is 0 Å². The van der Waals surface area contributed by atoms with Gasteiger partial charge in [0.1, 0.15) is 19.3 Å². The largest absolute Gasteiger partial charge is 0.463 e. The van der Waals surface area contributed by atoms with Crippen LogP contribution in [0.3, 0.4) is 0 Å². The predicted molar refractivity (Wildman–Crippen MR) is 202 cm³/mol. The van der Waals surface area contributed by atoms with Crippen molar-refractivity contribution >= 4 is 11.9 Å². The zero-order chi connectivity index (χ0) is 35.3. The summed E-state index contributed by atoms with van der Waals surface area (Å²) < 4.78 is 10.2. The summed E-state index contributed by atoms with van der Waals surface area (Å²) in [5.41, 5.74) is 0. The van der Waals surface area contributed by atoms with E-state index in [1.807, 2.05) is 18.2 Å². The molecule has 0 aromatic carbocycles. The molecule has 0 unspecified atom stereocenters. The van der Waals surface area contributed by atoms with Gasteiger partial charge in [0.15, 0.2) is 0 Å². The third-order valence-electron chi connectivity index (χ3n) is 8.35. The van der Waals surface area contributed by atoms with Crippen LogP contribution in [0.5, 0.6) is 0 Å². The number of hydrogen-bond acceptors (Lipinski definition) is 6. The van der Waals surface area contributed by atoms with Crippen LogP contribution in [-0.4, -0.2) is 47.6 Å². The van der Waals surface area contributed by atoms with Gasteiger partial charge in [0.05, 0.1) is 6.10 Å². The molecule has 0 bridgehead atoms. The molecule has 0 rings (SSSR count). The predicted octanol–water partition coefficient (Wildman–Crippen LogP) is 11.1. The number of aliphatic hydroxyl groups excluding tert-OH is 2. The van der Waals surface area contributed by atoms with Gasteiger partial charge in [-0.15, -0.1) is 0 Å². The smallest absolute Gasteiger partial charge is 0.305 e. The van der Waals surface area contributed by atoms with E-state index in [2.05, 4.69) is 45.1 Å². The molecule has 6 heteroatoms. The van der Waals surface area contributed by atoms with Crippen LogP contribution in [0, 0.1) is 5.92 Å². The summed E-state index contributed by atoms with van der Waals surface area (Å²) in [6, 6.07) is 0. The molecule has 0 aliphatic rings. The Morgan fingerprint density at radius 1 is 0.562 bits per heavy atom. The van der Waals surface area contributed by atoms with E-state index in [4.69, 9.17) is 9.47 Å². The summed E-state index contributed by atoms with van der Waals surface area (Å²) in [5.74, 6) is 0.0789. The molecule has 0 saturated carbocycles. The summed E-state index contributed by atoms with van der Waals surface area (Å²) in [5, 5.41) is 20.1. The lowest BCUT2D eigenvalue weighted by atomic mass is 10.0. The van der Waals surface area contributed by atoms with Crippen LogP contribution in [-0.2, 0) is 19.1 Å². The second-order valence-corrected chi connectivity index (χ2v) is 13.7. The Morgan fingerprint density at radius 2 is 1.06 bits per heavy atom. The summed E-state index contributed by atoms with van der Waals surface area (Å²) in [6.07, 6.45) is 40.6. The maximum Gasteiger partial charge on any atom is 0.305 e. The molecule has 2 atom stereocenters. The molecule has 0 fully saturated rings. The maximum absolute atomic E-state index is 12.0. The third-order valence-corrected chi connectivity index (χ3v) is 8.35. The minimum absolute atomic E-state index is 0.157. The van der Waals surface area contributed by atoms with Crippen molar-refractivity contribution in [1.29, 1.82) is 0 Å². The molecule has 0 radical (unpaired) electrons. The second kappa shape index (κ2) is 36.1. The molecule has 2 N–H and O–H groups in total. The van der Waals surface area contributed by atoms with Gasteiger partial charge in [-0.05, 0) is 50.9 Å². The fourth-order valence-electron chi connectivity index (χ4n) is 5.31. The average molecular weight is 675 g/mol. The molecule has 6 nitrogen and oxygen atoms in total. The molecule has 0 aliphatic carbocycles. The van der Waals surface area contributed by atoms with Gasteiger partial charge >= 0.3 is 11.9 Å². The number of carbonyl (C=O) groups is 2. The quantitative estimate of drug-likeness (QED) is 0.0305. The molecule has 0 spiro atoms. The number of allylic oxidation sites excluding steroid dienone is 7. The van der Waals surface area contributed by atoms with Crippen LogP contribution < -0.4 is 0 Å². The van der Waals surface area contributed by atoms with Gasteiger partial charge < -0.3 is 19.7 Å². The van der Waals surface area contributed by atoms with Gasteiger partial charge in [-0.1, -0.05) is 166 Å². The van der Waals surface area contributed by atoms with Crippen molar-refractivity contribution in [3.05, 3.63) is 48.6 Å². The Balaban J connectivity index is 3.62. The van der Waals surface area contributed by atoms with Crippen molar-refractivity contribution < 1.29 is 29.3 Å². The van der Waals surface area contributed by atoms with Crippen LogP contribution >= 0.6 is 0 Å². The highest BCUT2D eigenvalue weighted by Gasteiger charge is 2.12. The van der Waals surface area contributed by atoms with Crippen molar-refractivity contribution in [2.24, 2.45) is 5.92 Å². The van der Waals surface area contributed by atoms with Gasteiger partial charge in [-0.25, -0.2) is 0 Å². The van der Waals surface area contributed by atoms with Crippen LogP contribution in [0.1, 0.15) is 175 Å². The number of unbranched alkanes of at least 4 members (excludes halogenated alkanes) is 15. The standard InChI is InChI=1S/C42H74O6/c1-4-5-6-7-8-9-10-12-16-19-22-25-28-32-39(43)33-30-35-42(46)48-37-40(44)36-47-41(45)34-29-26-23-20-17-14-11-13-15-18-21-24-27-31-38(2)3/h8-9,12,16,22,25,28,32,38-40,43-44H,4-7,10-11,13-15,17-21,23-24,26-27,29-31,33-37H2,1-3H3/b9-8-,16-12-,25-22-,32-28+/t39-,40-/m1/s1. The van der Waals surface area contributed by atoms with Crippen LogP contribution in [0.15, 0.2) is 48.6 Å². The molecule has 0 amide bonds. The average Bonchev–Trinajstić information content (AvgIpc) is 3.06. The number of hydrogen-bond donors (Lipinski definition) is 2. The Hall–Kier alpha value is -2.18. The lowest BCUT2D eigenvalue weighted by Gasteiger charge is -2.12. The maximum atomic E-state index is 12.0. The van der Waals surface area contributed by atoms with E-state index in [0.717, 1.165) is 44.4 Å². The molecule has 0 aromatic rings. The van der Waals surface area contributed by atoms with Crippen LogP contribution in [0.2, 0.25) is 0 Å². The first-order valence-corrected chi connectivity index (χ1v) is 19.7. The van der Waals surface area contributed by atoms with Crippen molar-refractivity contribution in [1.82, 2.24) is 0 Å². The van der Waals surface area contributed by atoms with Crippen molar-refractivity contribution in [3.8, 4) is 0 Å².